The molecule has 5 heterocycles. The van der Waals surface area contributed by atoms with Crippen molar-refractivity contribution < 1.29 is 42.3 Å². The Kier molecular flexibility index (Phi) is 8.68. The Morgan fingerprint density at radius 3 is 2.64 bits per heavy atom. The fourth-order valence-electron chi connectivity index (χ4n) is 6.64. The average molecular weight is 663 g/mol. The minimum Gasteiger partial charge on any atom is -0.496 e. The maximum absolute atomic E-state index is 13.8. The van der Waals surface area contributed by atoms with Crippen molar-refractivity contribution in [2.75, 3.05) is 20.2 Å². The molecule has 3 N–H and O–H groups in total. The van der Waals surface area contributed by atoms with E-state index < -0.39 is 38.2 Å². The first kappa shape index (κ1) is 31.5. The number of benzene rings is 1. The number of nitrogens with zero attached hydrogens (tertiary/aromatic N) is 3. The number of carbonyl (C=O) groups is 3. The first-order chi connectivity index (χ1) is 21.4. The number of carbonyl (C=O) groups excluding carboxylic acids is 3. The number of hydrogen-bond acceptors (Lipinski definition) is 7. The zero-order valence-electron chi connectivity index (χ0n) is 24.4. The zero-order chi connectivity index (χ0) is 32.0. The van der Waals surface area contributed by atoms with Crippen LogP contribution in [0.2, 0.25) is 0 Å². The van der Waals surface area contributed by atoms with Gasteiger partial charge in [0.25, 0.3) is 12.3 Å². The number of halogens is 2. The number of alkyl halides is 2. The standard InChI is InChI=1S/C30H33F2N4O7PS/c1-43-24-11-22(27(31)32)33-12-20(24)18-13-35(14-18)30(39)23-7-6-19-3-2-4-21(29(38)36(19)23)34-28(37)26-10-17-9-16(15-44(40,41)42)5-8-25(17)45-26/h5,8-12,18-19,21,23,27H,2-4,6-7,13-15H2,1H3,(H,34,37)(H2,40,41,42)/t19-,21-,23-/m0/s1. The van der Waals surface area contributed by atoms with Crippen molar-refractivity contribution >= 4 is 46.7 Å². The molecular formula is C30H33F2N4O7PS. The molecule has 15 heteroatoms. The summed E-state index contributed by atoms with van der Waals surface area (Å²) in [6.45, 7) is 0.714. The number of likely N-dealkylation sites (tertiary alicyclic amines) is 1. The van der Waals surface area contributed by atoms with Crippen LogP contribution in [-0.2, 0) is 20.3 Å². The van der Waals surface area contributed by atoms with Crippen molar-refractivity contribution in [2.45, 2.75) is 68.7 Å². The Morgan fingerprint density at radius 1 is 1.16 bits per heavy atom. The van der Waals surface area contributed by atoms with Gasteiger partial charge in [-0.3, -0.25) is 23.9 Å². The summed E-state index contributed by atoms with van der Waals surface area (Å²) in [4.78, 5) is 66.9. The fraction of sp³-hybridized carbons (Fsp3) is 0.467. The van der Waals surface area contributed by atoms with Crippen molar-refractivity contribution in [3.63, 3.8) is 0 Å². The third-order valence-corrected chi connectivity index (χ3v) is 10.8. The SMILES string of the molecule is COc1cc(C(F)F)ncc1C1CN(C(=O)[C@@H]2CC[C@@H]3CCC[C@H](NC(=O)c4cc5cc(CP(=O)(O)O)ccc5s4)C(=O)N32)C1. The predicted molar refractivity (Wildman–Crippen MR) is 161 cm³/mol. The fourth-order valence-corrected chi connectivity index (χ4v) is 8.26. The lowest BCUT2D eigenvalue weighted by Crippen LogP contribution is -2.58. The molecule has 240 valence electrons. The Bertz CT molecular complexity index is 1690. The van der Waals surface area contributed by atoms with E-state index in [0.29, 0.717) is 65.9 Å². The summed E-state index contributed by atoms with van der Waals surface area (Å²) < 4.78 is 43.7. The lowest BCUT2D eigenvalue weighted by Gasteiger charge is -2.42. The minimum atomic E-state index is -4.24. The molecule has 3 amide bonds. The number of pyridine rings is 1. The molecule has 3 aliphatic heterocycles. The molecule has 3 atom stereocenters. The van der Waals surface area contributed by atoms with Crippen LogP contribution < -0.4 is 10.1 Å². The van der Waals surface area contributed by atoms with Crippen molar-refractivity contribution in [2.24, 2.45) is 0 Å². The molecule has 11 nitrogen and oxygen atoms in total. The van der Waals surface area contributed by atoms with E-state index in [9.17, 15) is 37.5 Å². The highest BCUT2D eigenvalue weighted by Gasteiger charge is 2.48. The second-order valence-corrected chi connectivity index (χ2v) is 14.6. The number of nitrogens with one attached hydrogen (secondary N) is 1. The average Bonchev–Trinajstić information content (AvgIpc) is 3.55. The number of fused-ring (bicyclic) bond motifs is 2. The summed E-state index contributed by atoms with van der Waals surface area (Å²) in [7, 11) is -2.84. The van der Waals surface area contributed by atoms with Crippen LogP contribution in [0.1, 0.15) is 70.9 Å². The van der Waals surface area contributed by atoms with E-state index in [1.165, 1.54) is 30.7 Å². The summed E-state index contributed by atoms with van der Waals surface area (Å²) in [6, 6.07) is 6.33. The maximum Gasteiger partial charge on any atom is 0.329 e. The number of ether oxygens (including phenoxy) is 1. The van der Waals surface area contributed by atoms with Crippen LogP contribution in [0.4, 0.5) is 8.78 Å². The first-order valence-electron chi connectivity index (χ1n) is 14.7. The summed E-state index contributed by atoms with van der Waals surface area (Å²) in [5.41, 5.74) is 0.744. The molecule has 3 saturated heterocycles. The topological polar surface area (TPSA) is 149 Å². The summed E-state index contributed by atoms with van der Waals surface area (Å²) in [6.07, 6.45) is 1.37. The first-order valence-corrected chi connectivity index (χ1v) is 17.3. The van der Waals surface area contributed by atoms with E-state index in [1.807, 2.05) is 0 Å². The molecule has 45 heavy (non-hydrogen) atoms. The normalized spacial score (nSPS) is 22.4. The van der Waals surface area contributed by atoms with Gasteiger partial charge in [0.1, 0.15) is 23.5 Å². The highest BCUT2D eigenvalue weighted by Crippen LogP contribution is 2.41. The quantitative estimate of drug-likeness (QED) is 0.304. The smallest absolute Gasteiger partial charge is 0.329 e. The summed E-state index contributed by atoms with van der Waals surface area (Å²) in [5.74, 6) is -0.683. The van der Waals surface area contributed by atoms with E-state index in [1.54, 1.807) is 34.1 Å². The Hall–Kier alpha value is -3.45. The van der Waals surface area contributed by atoms with Crippen LogP contribution >= 0.6 is 18.9 Å². The largest absolute Gasteiger partial charge is 0.496 e. The molecule has 3 aliphatic rings. The van der Waals surface area contributed by atoms with Crippen LogP contribution in [0.15, 0.2) is 36.5 Å². The maximum atomic E-state index is 13.8. The van der Waals surface area contributed by atoms with Gasteiger partial charge >= 0.3 is 7.60 Å². The van der Waals surface area contributed by atoms with Gasteiger partial charge in [0, 0.05) is 47.6 Å². The predicted octanol–water partition coefficient (Wildman–Crippen LogP) is 4.19. The lowest BCUT2D eigenvalue weighted by molar-refractivity contribution is -0.148. The second-order valence-electron chi connectivity index (χ2n) is 11.8. The van der Waals surface area contributed by atoms with Gasteiger partial charge in [-0.15, -0.1) is 11.3 Å². The molecule has 0 spiro atoms. The Labute approximate surface area is 261 Å². The molecule has 0 unspecified atom stereocenters. The van der Waals surface area contributed by atoms with Gasteiger partial charge in [0.05, 0.1) is 18.1 Å². The van der Waals surface area contributed by atoms with Gasteiger partial charge in [-0.2, -0.15) is 0 Å². The van der Waals surface area contributed by atoms with Crippen LogP contribution in [-0.4, -0.2) is 80.6 Å². The molecule has 2 aromatic heterocycles. The van der Waals surface area contributed by atoms with Gasteiger partial charge in [0.15, 0.2) is 0 Å². The highest BCUT2D eigenvalue weighted by molar-refractivity contribution is 7.50. The molecule has 3 aromatic rings. The third kappa shape index (κ3) is 6.46. The van der Waals surface area contributed by atoms with E-state index in [0.717, 1.165) is 11.1 Å². The Balaban J connectivity index is 1.12. The van der Waals surface area contributed by atoms with E-state index in [2.05, 4.69) is 10.3 Å². The van der Waals surface area contributed by atoms with E-state index in [-0.39, 0.29) is 29.5 Å². The van der Waals surface area contributed by atoms with Crippen molar-refractivity contribution in [3.05, 3.63) is 58.2 Å². The molecule has 0 bridgehead atoms. The van der Waals surface area contributed by atoms with Crippen molar-refractivity contribution in [1.82, 2.24) is 20.1 Å². The Morgan fingerprint density at radius 2 is 1.93 bits per heavy atom. The molecule has 3 fully saturated rings. The van der Waals surface area contributed by atoms with Crippen LogP contribution in [0.3, 0.4) is 0 Å². The molecular weight excluding hydrogens is 629 g/mol. The lowest BCUT2D eigenvalue weighted by atomic mass is 9.90. The van der Waals surface area contributed by atoms with Gasteiger partial charge in [0.2, 0.25) is 11.8 Å². The number of methoxy groups -OCH3 is 1. The molecule has 0 saturated carbocycles. The number of rotatable bonds is 8. The minimum absolute atomic E-state index is 0.0895. The zero-order valence-corrected chi connectivity index (χ0v) is 26.1. The molecule has 0 aliphatic carbocycles. The number of amides is 3. The van der Waals surface area contributed by atoms with E-state index >= 15 is 0 Å². The van der Waals surface area contributed by atoms with Crippen LogP contribution in [0, 0.1) is 0 Å². The highest BCUT2D eigenvalue weighted by atomic mass is 32.1. The third-order valence-electron chi connectivity index (χ3n) is 8.86. The second kappa shape index (κ2) is 12.4. The number of thiophene rings is 1. The van der Waals surface area contributed by atoms with Gasteiger partial charge < -0.3 is 29.6 Å². The van der Waals surface area contributed by atoms with Crippen LogP contribution in [0.5, 0.6) is 5.75 Å². The van der Waals surface area contributed by atoms with Gasteiger partial charge in [-0.1, -0.05) is 6.07 Å². The molecule has 0 radical (unpaired) electrons. The number of hydrogen-bond donors (Lipinski definition) is 3. The van der Waals surface area contributed by atoms with E-state index in [4.69, 9.17) is 4.74 Å². The van der Waals surface area contributed by atoms with Gasteiger partial charge in [-0.05, 0) is 61.3 Å². The van der Waals surface area contributed by atoms with Crippen molar-refractivity contribution in [3.8, 4) is 5.75 Å². The molecule has 6 rings (SSSR count). The van der Waals surface area contributed by atoms with Crippen LogP contribution in [0.25, 0.3) is 10.1 Å². The number of aromatic nitrogens is 1. The molecule has 1 aromatic carbocycles. The monoisotopic (exact) mass is 662 g/mol. The van der Waals surface area contributed by atoms with Crippen molar-refractivity contribution in [1.29, 1.82) is 0 Å². The van der Waals surface area contributed by atoms with Gasteiger partial charge in [-0.25, -0.2) is 8.78 Å². The summed E-state index contributed by atoms with van der Waals surface area (Å²) >= 11 is 1.23. The summed E-state index contributed by atoms with van der Waals surface area (Å²) in [5, 5.41) is 3.56.